The molecule has 0 aliphatic rings. The smallest absolute Gasteiger partial charge is 0.335 e. The summed E-state index contributed by atoms with van der Waals surface area (Å²) in [5.41, 5.74) is 1.17. The Morgan fingerprint density at radius 3 is 2.82 bits per heavy atom. The number of aryl methyl sites for hydroxylation is 1. The van der Waals surface area contributed by atoms with E-state index in [1.807, 2.05) is 19.1 Å². The molecule has 94 valence electrons. The monoisotopic (exact) mass is 254 g/mol. The van der Waals surface area contributed by atoms with Crippen molar-refractivity contribution in [2.45, 2.75) is 25.2 Å². The van der Waals surface area contributed by atoms with Gasteiger partial charge in [-0.25, -0.2) is 4.79 Å². The summed E-state index contributed by atoms with van der Waals surface area (Å²) in [6, 6.07) is 5.52. The molecule has 1 N–H and O–H groups in total. The Kier molecular flexibility index (Phi) is 6.08. The molecule has 1 rings (SSSR count). The quantitative estimate of drug-likeness (QED) is 0.599. The van der Waals surface area contributed by atoms with Gasteiger partial charge in [-0.1, -0.05) is 13.0 Å². The molecule has 0 spiro atoms. The average Bonchev–Trinajstić information content (AvgIpc) is 2.30. The Hall–Kier alpha value is -1.00. The van der Waals surface area contributed by atoms with Crippen LogP contribution < -0.4 is 0 Å². The molecule has 4 heteroatoms. The van der Waals surface area contributed by atoms with Crippen molar-refractivity contribution in [1.82, 2.24) is 0 Å². The molecule has 0 amide bonds. The number of hydrogen-bond acceptors (Lipinski definition) is 3. The molecule has 0 heterocycles. The Bertz CT molecular complexity index is 377. The summed E-state index contributed by atoms with van der Waals surface area (Å²) in [5.74, 6) is -0.0190. The maximum atomic E-state index is 11.0. The second-order valence-electron chi connectivity index (χ2n) is 3.74. The van der Waals surface area contributed by atoms with Gasteiger partial charge < -0.3 is 9.84 Å². The lowest BCUT2D eigenvalue weighted by molar-refractivity contribution is 0.0696. The molecule has 0 fully saturated rings. The van der Waals surface area contributed by atoms with Crippen molar-refractivity contribution in [1.29, 1.82) is 0 Å². The van der Waals surface area contributed by atoms with E-state index in [1.165, 1.54) is 0 Å². The second kappa shape index (κ2) is 7.35. The molecule has 17 heavy (non-hydrogen) atoms. The van der Waals surface area contributed by atoms with Crippen molar-refractivity contribution in [2.75, 3.05) is 19.0 Å². The fourth-order valence-electron chi connectivity index (χ4n) is 1.39. The predicted octanol–water partition coefficient (Wildman–Crippen LogP) is 3.21. The van der Waals surface area contributed by atoms with Crippen LogP contribution in [0.5, 0.6) is 0 Å². The van der Waals surface area contributed by atoms with Gasteiger partial charge in [0.15, 0.2) is 0 Å². The summed E-state index contributed by atoms with van der Waals surface area (Å²) in [5, 5.41) is 9.00. The van der Waals surface area contributed by atoms with Crippen molar-refractivity contribution in [3.63, 3.8) is 0 Å². The molecule has 0 aliphatic heterocycles. The molecule has 0 radical (unpaired) electrons. The van der Waals surface area contributed by atoms with Gasteiger partial charge >= 0.3 is 5.97 Å². The maximum absolute atomic E-state index is 11.0. The molecule has 1 aromatic carbocycles. The number of thioether (sulfide) groups is 1. The zero-order valence-corrected chi connectivity index (χ0v) is 11.0. The summed E-state index contributed by atoms with van der Waals surface area (Å²) >= 11 is 1.62. The summed E-state index contributed by atoms with van der Waals surface area (Å²) in [6.07, 6.45) is 1.03. The van der Waals surface area contributed by atoms with Crippen LogP contribution in [-0.2, 0) is 4.74 Å². The molecule has 1 aromatic rings. The van der Waals surface area contributed by atoms with Crippen LogP contribution in [0.4, 0.5) is 0 Å². The van der Waals surface area contributed by atoms with E-state index in [0.717, 1.165) is 29.2 Å². The highest BCUT2D eigenvalue weighted by molar-refractivity contribution is 7.99. The highest BCUT2D eigenvalue weighted by Gasteiger charge is 2.07. The van der Waals surface area contributed by atoms with Gasteiger partial charge in [0, 0.05) is 17.3 Å². The lowest BCUT2D eigenvalue weighted by atomic mass is 10.1. The van der Waals surface area contributed by atoms with Crippen LogP contribution in [-0.4, -0.2) is 30.0 Å². The number of ether oxygens (including phenoxy) is 1. The minimum absolute atomic E-state index is 0.379. The Labute approximate surface area is 106 Å². The summed E-state index contributed by atoms with van der Waals surface area (Å²) in [6.45, 7) is 5.37. The fourth-order valence-corrected chi connectivity index (χ4v) is 2.19. The van der Waals surface area contributed by atoms with Crippen LogP contribution >= 0.6 is 11.8 Å². The van der Waals surface area contributed by atoms with E-state index in [0.29, 0.717) is 12.2 Å². The maximum Gasteiger partial charge on any atom is 0.335 e. The van der Waals surface area contributed by atoms with E-state index in [1.54, 1.807) is 17.8 Å². The van der Waals surface area contributed by atoms with Crippen molar-refractivity contribution in [3.05, 3.63) is 29.3 Å². The highest BCUT2D eigenvalue weighted by Crippen LogP contribution is 2.21. The summed E-state index contributed by atoms with van der Waals surface area (Å²) in [7, 11) is 0. The third-order valence-corrected chi connectivity index (χ3v) is 3.24. The SMILES string of the molecule is CCCOCCSc1ccc(C)c(C(=O)O)c1. The number of carboxylic acid groups (broad SMARTS) is 1. The number of benzene rings is 1. The number of aromatic carboxylic acids is 1. The van der Waals surface area contributed by atoms with Gasteiger partial charge in [0.25, 0.3) is 0 Å². The number of rotatable bonds is 7. The summed E-state index contributed by atoms with van der Waals surface area (Å²) in [4.78, 5) is 11.9. The number of carboxylic acids is 1. The predicted molar refractivity (Wildman–Crippen MR) is 70.0 cm³/mol. The first-order valence-corrected chi connectivity index (χ1v) is 6.68. The van der Waals surface area contributed by atoms with Gasteiger partial charge in [-0.05, 0) is 31.0 Å². The zero-order valence-electron chi connectivity index (χ0n) is 10.2. The highest BCUT2D eigenvalue weighted by atomic mass is 32.2. The number of hydrogen-bond donors (Lipinski definition) is 1. The Morgan fingerprint density at radius 1 is 1.41 bits per heavy atom. The van der Waals surface area contributed by atoms with Gasteiger partial charge in [0.05, 0.1) is 12.2 Å². The van der Waals surface area contributed by atoms with Gasteiger partial charge in [0.2, 0.25) is 0 Å². The Morgan fingerprint density at radius 2 is 2.18 bits per heavy atom. The summed E-state index contributed by atoms with van der Waals surface area (Å²) < 4.78 is 5.37. The van der Waals surface area contributed by atoms with Gasteiger partial charge in [-0.15, -0.1) is 11.8 Å². The minimum Gasteiger partial charge on any atom is -0.478 e. The van der Waals surface area contributed by atoms with Crippen LogP contribution in [0.25, 0.3) is 0 Å². The molecule has 0 unspecified atom stereocenters. The number of carbonyl (C=O) groups is 1. The van der Waals surface area contributed by atoms with E-state index < -0.39 is 5.97 Å². The molecule has 0 saturated heterocycles. The molecule has 0 atom stereocenters. The standard InChI is InChI=1S/C13H18O3S/c1-3-6-16-7-8-17-11-5-4-10(2)12(9-11)13(14)15/h4-5,9H,3,6-8H2,1-2H3,(H,14,15). The minimum atomic E-state index is -0.868. The van der Waals surface area contributed by atoms with Crippen molar-refractivity contribution >= 4 is 17.7 Å². The molecule has 0 aromatic heterocycles. The first kappa shape index (κ1) is 14.1. The van der Waals surface area contributed by atoms with E-state index >= 15 is 0 Å². The second-order valence-corrected chi connectivity index (χ2v) is 4.91. The van der Waals surface area contributed by atoms with Crippen molar-refractivity contribution in [3.8, 4) is 0 Å². The normalized spacial score (nSPS) is 10.5. The van der Waals surface area contributed by atoms with E-state index in [-0.39, 0.29) is 0 Å². The van der Waals surface area contributed by atoms with E-state index in [9.17, 15) is 4.79 Å². The third kappa shape index (κ3) is 4.79. The fraction of sp³-hybridized carbons (Fsp3) is 0.462. The van der Waals surface area contributed by atoms with Gasteiger partial charge in [0.1, 0.15) is 0 Å². The first-order chi connectivity index (χ1) is 8.15. The van der Waals surface area contributed by atoms with E-state index in [4.69, 9.17) is 9.84 Å². The molecule has 0 saturated carbocycles. The van der Waals surface area contributed by atoms with Crippen molar-refractivity contribution < 1.29 is 14.6 Å². The molecular weight excluding hydrogens is 236 g/mol. The van der Waals surface area contributed by atoms with E-state index in [2.05, 4.69) is 6.92 Å². The average molecular weight is 254 g/mol. The zero-order chi connectivity index (χ0) is 12.7. The Balaban J connectivity index is 2.49. The lowest BCUT2D eigenvalue weighted by Gasteiger charge is -2.06. The van der Waals surface area contributed by atoms with Crippen LogP contribution in [0.2, 0.25) is 0 Å². The van der Waals surface area contributed by atoms with Crippen molar-refractivity contribution in [2.24, 2.45) is 0 Å². The van der Waals surface area contributed by atoms with Crippen LogP contribution in [0, 0.1) is 6.92 Å². The molecule has 0 aliphatic carbocycles. The van der Waals surface area contributed by atoms with Crippen LogP contribution in [0.15, 0.2) is 23.1 Å². The van der Waals surface area contributed by atoms with Crippen LogP contribution in [0.1, 0.15) is 29.3 Å². The third-order valence-electron chi connectivity index (χ3n) is 2.28. The van der Waals surface area contributed by atoms with Gasteiger partial charge in [-0.2, -0.15) is 0 Å². The van der Waals surface area contributed by atoms with Crippen LogP contribution in [0.3, 0.4) is 0 Å². The molecule has 3 nitrogen and oxygen atoms in total. The largest absolute Gasteiger partial charge is 0.478 e. The lowest BCUT2D eigenvalue weighted by Crippen LogP contribution is -2.00. The first-order valence-electron chi connectivity index (χ1n) is 5.69. The molecule has 0 bridgehead atoms. The topological polar surface area (TPSA) is 46.5 Å². The van der Waals surface area contributed by atoms with Gasteiger partial charge in [-0.3, -0.25) is 0 Å². The molecular formula is C13H18O3S.